The first-order chi connectivity index (χ1) is 14.5. The van der Waals surface area contributed by atoms with Crippen molar-refractivity contribution >= 4 is 16.9 Å². The minimum absolute atomic E-state index is 0.105. The highest BCUT2D eigenvalue weighted by molar-refractivity contribution is 5.64. The lowest BCUT2D eigenvalue weighted by molar-refractivity contribution is 0.249. The summed E-state index contributed by atoms with van der Waals surface area (Å²) in [5, 5.41) is 4.56. The van der Waals surface area contributed by atoms with Crippen molar-refractivity contribution in [2.75, 3.05) is 32.1 Å². The summed E-state index contributed by atoms with van der Waals surface area (Å²) in [6.07, 6.45) is 7.78. The van der Waals surface area contributed by atoms with Gasteiger partial charge in [-0.15, -0.1) is 0 Å². The predicted molar refractivity (Wildman–Crippen MR) is 117 cm³/mol. The molecule has 5 heterocycles. The van der Waals surface area contributed by atoms with E-state index in [1.54, 1.807) is 21.2 Å². The first kappa shape index (κ1) is 18.7. The molecule has 154 valence electrons. The van der Waals surface area contributed by atoms with Crippen LogP contribution in [0.5, 0.6) is 0 Å². The van der Waals surface area contributed by atoms with Gasteiger partial charge in [0.1, 0.15) is 11.3 Å². The Morgan fingerprint density at radius 3 is 2.63 bits per heavy atom. The maximum absolute atomic E-state index is 12.9. The molecule has 0 aromatic carbocycles. The fourth-order valence-electron chi connectivity index (χ4n) is 4.16. The van der Waals surface area contributed by atoms with Gasteiger partial charge in [0.2, 0.25) is 0 Å². The zero-order valence-corrected chi connectivity index (χ0v) is 17.5. The van der Waals surface area contributed by atoms with E-state index in [0.717, 1.165) is 42.8 Å². The fourth-order valence-corrected chi connectivity index (χ4v) is 4.16. The summed E-state index contributed by atoms with van der Waals surface area (Å²) in [5.41, 5.74) is 4.56. The van der Waals surface area contributed by atoms with Crippen LogP contribution in [0.4, 0.5) is 5.69 Å². The number of hydrogen-bond donors (Lipinski definition) is 0. The lowest BCUT2D eigenvalue weighted by atomic mass is 10.0. The molecule has 0 N–H and O–H groups in total. The molecule has 4 aromatic rings. The highest BCUT2D eigenvalue weighted by Gasteiger charge is 2.21. The molecule has 8 nitrogen and oxygen atoms in total. The largest absolute Gasteiger partial charge is 0.370 e. The topological polar surface area (TPSA) is 71.0 Å². The van der Waals surface area contributed by atoms with Crippen molar-refractivity contribution < 1.29 is 0 Å². The van der Waals surface area contributed by atoms with Crippen LogP contribution in [0, 0.1) is 6.92 Å². The Morgan fingerprint density at radius 1 is 1.07 bits per heavy atom. The fraction of sp³-hybridized carbons (Fsp3) is 0.364. The van der Waals surface area contributed by atoms with Gasteiger partial charge < -0.3 is 9.80 Å². The quantitative estimate of drug-likeness (QED) is 0.523. The molecule has 1 saturated heterocycles. The summed E-state index contributed by atoms with van der Waals surface area (Å²) in [6.45, 7) is 3.90. The average molecular weight is 403 g/mol. The van der Waals surface area contributed by atoms with Gasteiger partial charge in [-0.3, -0.25) is 14.2 Å². The van der Waals surface area contributed by atoms with Crippen LogP contribution >= 0.6 is 0 Å². The summed E-state index contributed by atoms with van der Waals surface area (Å²) >= 11 is 0. The van der Waals surface area contributed by atoms with Gasteiger partial charge in [0.15, 0.2) is 0 Å². The molecule has 0 amide bonds. The number of aryl methyl sites for hydroxylation is 1. The molecular weight excluding hydrogens is 378 g/mol. The highest BCUT2D eigenvalue weighted by Crippen LogP contribution is 2.23. The Balaban J connectivity index is 1.47. The van der Waals surface area contributed by atoms with Crippen LogP contribution in [0.1, 0.15) is 18.5 Å². The average Bonchev–Trinajstić information content (AvgIpc) is 3.17. The summed E-state index contributed by atoms with van der Waals surface area (Å²) in [5.74, 6) is 0. The molecule has 1 aliphatic heterocycles. The lowest BCUT2D eigenvalue weighted by Gasteiger charge is -2.36. The molecule has 30 heavy (non-hydrogen) atoms. The summed E-state index contributed by atoms with van der Waals surface area (Å²) in [4.78, 5) is 26.5. The van der Waals surface area contributed by atoms with E-state index in [1.165, 1.54) is 0 Å². The monoisotopic (exact) mass is 403 g/mol. The molecule has 8 heteroatoms. The van der Waals surface area contributed by atoms with E-state index < -0.39 is 0 Å². The number of fused-ring (bicyclic) bond motifs is 2. The first-order valence-corrected chi connectivity index (χ1v) is 10.3. The van der Waals surface area contributed by atoms with Gasteiger partial charge in [-0.25, -0.2) is 9.50 Å². The number of rotatable bonds is 3. The second kappa shape index (κ2) is 7.21. The van der Waals surface area contributed by atoms with Gasteiger partial charge in [-0.1, -0.05) is 0 Å². The van der Waals surface area contributed by atoms with Crippen molar-refractivity contribution in [3.63, 3.8) is 0 Å². The van der Waals surface area contributed by atoms with Crippen LogP contribution in [-0.2, 0) is 0 Å². The van der Waals surface area contributed by atoms with Crippen LogP contribution in [0.25, 0.3) is 22.6 Å². The molecule has 0 spiro atoms. The van der Waals surface area contributed by atoms with E-state index in [-0.39, 0.29) is 5.56 Å². The third kappa shape index (κ3) is 3.33. The Bertz CT molecular complexity index is 1280. The van der Waals surface area contributed by atoms with Crippen molar-refractivity contribution in [3.8, 4) is 11.4 Å². The van der Waals surface area contributed by atoms with Gasteiger partial charge in [-0.2, -0.15) is 5.10 Å². The maximum atomic E-state index is 12.9. The van der Waals surface area contributed by atoms with Crippen molar-refractivity contribution in [1.29, 1.82) is 0 Å². The van der Waals surface area contributed by atoms with E-state index in [9.17, 15) is 4.79 Å². The van der Waals surface area contributed by atoms with Crippen molar-refractivity contribution in [2.24, 2.45) is 0 Å². The van der Waals surface area contributed by atoms with Crippen molar-refractivity contribution in [1.82, 2.24) is 28.9 Å². The van der Waals surface area contributed by atoms with Crippen LogP contribution in [-0.4, -0.2) is 62.1 Å². The molecule has 4 aromatic heterocycles. The lowest BCUT2D eigenvalue weighted by Crippen LogP contribution is -2.42. The maximum Gasteiger partial charge on any atom is 0.258 e. The van der Waals surface area contributed by atoms with E-state index in [1.807, 2.05) is 31.5 Å². The zero-order chi connectivity index (χ0) is 20.8. The molecule has 0 radical (unpaired) electrons. The SMILES string of the molecule is Cc1cn2nc(-c3cc(=O)n4cc(N5CCC(N(C)C)CC5)ccc4n3)cc2cn1. The molecular formula is C22H25N7O. The molecule has 5 rings (SSSR count). The summed E-state index contributed by atoms with van der Waals surface area (Å²) in [7, 11) is 4.28. The third-order valence-electron chi connectivity index (χ3n) is 5.94. The van der Waals surface area contributed by atoms with Gasteiger partial charge >= 0.3 is 0 Å². The highest BCUT2D eigenvalue weighted by atomic mass is 16.1. The third-order valence-corrected chi connectivity index (χ3v) is 5.94. The number of piperidine rings is 1. The first-order valence-electron chi connectivity index (χ1n) is 10.3. The summed E-state index contributed by atoms with van der Waals surface area (Å²) in [6, 6.07) is 8.04. The van der Waals surface area contributed by atoms with Crippen molar-refractivity contribution in [3.05, 3.63) is 58.9 Å². The normalized spacial score (nSPS) is 15.5. The van der Waals surface area contributed by atoms with Gasteiger partial charge in [0.05, 0.1) is 35.0 Å². The number of nitrogens with zero attached hydrogens (tertiary/aromatic N) is 7. The summed E-state index contributed by atoms with van der Waals surface area (Å²) < 4.78 is 3.39. The van der Waals surface area contributed by atoms with Crippen molar-refractivity contribution in [2.45, 2.75) is 25.8 Å². The second-order valence-electron chi connectivity index (χ2n) is 8.20. The molecule has 0 aliphatic carbocycles. The standard InChI is InChI=1S/C22H25N7O/c1-15-13-29-18(12-23-15)10-20(25-29)19-11-22(30)28-14-17(4-5-21(28)24-19)27-8-6-16(7-9-27)26(2)3/h4-5,10-14,16H,6-9H2,1-3H3. The van der Waals surface area contributed by atoms with E-state index in [4.69, 9.17) is 0 Å². The van der Waals surface area contributed by atoms with E-state index >= 15 is 0 Å². The Hall–Kier alpha value is -3.26. The van der Waals surface area contributed by atoms with Gasteiger partial charge in [0.25, 0.3) is 5.56 Å². The zero-order valence-electron chi connectivity index (χ0n) is 17.5. The van der Waals surface area contributed by atoms with Gasteiger partial charge in [-0.05, 0) is 52.1 Å². The van der Waals surface area contributed by atoms with Crippen LogP contribution < -0.4 is 10.5 Å². The molecule has 0 bridgehead atoms. The number of anilines is 1. The number of aromatic nitrogens is 5. The molecule has 0 saturated carbocycles. The Kier molecular flexibility index (Phi) is 4.51. The smallest absolute Gasteiger partial charge is 0.258 e. The molecule has 0 unspecified atom stereocenters. The molecule has 0 atom stereocenters. The predicted octanol–water partition coefficient (Wildman–Crippen LogP) is 2.24. The molecule has 1 aliphatic rings. The van der Waals surface area contributed by atoms with E-state index in [2.05, 4.69) is 45.0 Å². The van der Waals surface area contributed by atoms with Crippen LogP contribution in [0.15, 0.2) is 47.7 Å². The van der Waals surface area contributed by atoms with Crippen LogP contribution in [0.3, 0.4) is 0 Å². The Morgan fingerprint density at radius 2 is 1.87 bits per heavy atom. The van der Waals surface area contributed by atoms with Gasteiger partial charge in [0, 0.05) is 31.4 Å². The second-order valence-corrected chi connectivity index (χ2v) is 8.20. The number of pyridine rings is 1. The minimum Gasteiger partial charge on any atom is -0.370 e. The Labute approximate surface area is 174 Å². The van der Waals surface area contributed by atoms with Crippen LogP contribution in [0.2, 0.25) is 0 Å². The van der Waals surface area contributed by atoms with E-state index in [0.29, 0.717) is 23.1 Å². The molecule has 1 fully saturated rings. The minimum atomic E-state index is -0.105. The number of hydrogen-bond acceptors (Lipinski definition) is 6.